The highest BCUT2D eigenvalue weighted by Crippen LogP contribution is 2.15. The third-order valence-corrected chi connectivity index (χ3v) is 2.26. The number of hydrogen-bond acceptors (Lipinski definition) is 3. The summed E-state index contributed by atoms with van der Waals surface area (Å²) in [4.78, 5) is 11.7. The molecule has 5 heteroatoms. The van der Waals surface area contributed by atoms with Gasteiger partial charge in [0.25, 0.3) is 0 Å². The molecule has 0 aliphatic carbocycles. The number of anilines is 1. The predicted molar refractivity (Wildman–Crippen MR) is 73.4 cm³/mol. The minimum Gasteiger partial charge on any atom is -0.444 e. The summed E-state index contributed by atoms with van der Waals surface area (Å²) in [5.74, 6) is 0. The number of aromatic nitrogens is 2. The van der Waals surface area contributed by atoms with Crippen molar-refractivity contribution in [2.75, 3.05) is 5.32 Å². The fourth-order valence-corrected chi connectivity index (χ4v) is 1.57. The number of nitrogens with zero attached hydrogens (tertiary/aromatic N) is 2. The molecule has 2 aromatic rings. The maximum Gasteiger partial charge on any atom is 0.412 e. The standard InChI is InChI=1S/C14H17N3O2/c1-14(2,3)19-13(18)16-11-6-4-7-12(10-11)17-9-5-8-15-17/h4-10H,1-3H3,(H,16,18). The van der Waals surface area contributed by atoms with Crippen molar-refractivity contribution in [3.8, 4) is 5.69 Å². The monoisotopic (exact) mass is 259 g/mol. The number of carbonyl (C=O) groups excluding carboxylic acids is 1. The zero-order chi connectivity index (χ0) is 13.9. The summed E-state index contributed by atoms with van der Waals surface area (Å²) in [6.45, 7) is 5.48. The number of nitrogens with one attached hydrogen (secondary N) is 1. The average Bonchev–Trinajstić information content (AvgIpc) is 2.79. The van der Waals surface area contributed by atoms with Crippen molar-refractivity contribution in [2.24, 2.45) is 0 Å². The average molecular weight is 259 g/mol. The molecule has 0 atom stereocenters. The quantitative estimate of drug-likeness (QED) is 0.900. The molecule has 0 saturated carbocycles. The molecule has 1 aromatic heterocycles. The fraction of sp³-hybridized carbons (Fsp3) is 0.286. The lowest BCUT2D eigenvalue weighted by molar-refractivity contribution is 0.0636. The Morgan fingerprint density at radius 3 is 2.74 bits per heavy atom. The van der Waals surface area contributed by atoms with Gasteiger partial charge >= 0.3 is 6.09 Å². The molecule has 0 spiro atoms. The van der Waals surface area contributed by atoms with E-state index < -0.39 is 11.7 Å². The van der Waals surface area contributed by atoms with Crippen molar-refractivity contribution in [2.45, 2.75) is 26.4 Å². The van der Waals surface area contributed by atoms with Gasteiger partial charge in [0.05, 0.1) is 5.69 Å². The van der Waals surface area contributed by atoms with Crippen LogP contribution in [0.4, 0.5) is 10.5 Å². The SMILES string of the molecule is CC(C)(C)OC(=O)Nc1cccc(-n2cccn2)c1. The van der Waals surface area contributed by atoms with Crippen molar-refractivity contribution in [1.29, 1.82) is 0 Å². The summed E-state index contributed by atoms with van der Waals surface area (Å²) in [5, 5.41) is 6.84. The van der Waals surface area contributed by atoms with Crippen LogP contribution in [0, 0.1) is 0 Å². The topological polar surface area (TPSA) is 56.1 Å². The molecule has 1 N–H and O–H groups in total. The summed E-state index contributed by atoms with van der Waals surface area (Å²) >= 11 is 0. The highest BCUT2D eigenvalue weighted by molar-refractivity contribution is 5.85. The number of benzene rings is 1. The Labute approximate surface area is 112 Å². The van der Waals surface area contributed by atoms with Crippen LogP contribution in [0.15, 0.2) is 42.7 Å². The predicted octanol–water partition coefficient (Wildman–Crippen LogP) is 3.22. The fourth-order valence-electron chi connectivity index (χ4n) is 1.57. The van der Waals surface area contributed by atoms with Crippen molar-refractivity contribution in [1.82, 2.24) is 9.78 Å². The maximum atomic E-state index is 11.7. The van der Waals surface area contributed by atoms with E-state index >= 15 is 0 Å². The first kappa shape index (κ1) is 13.1. The third-order valence-electron chi connectivity index (χ3n) is 2.26. The molecule has 0 aliphatic rings. The van der Waals surface area contributed by atoms with Gasteiger partial charge in [-0.1, -0.05) is 6.07 Å². The molecule has 0 fully saturated rings. The number of rotatable bonds is 2. The van der Waals surface area contributed by atoms with Crippen molar-refractivity contribution in [3.05, 3.63) is 42.7 Å². The van der Waals surface area contributed by atoms with Crippen molar-refractivity contribution in [3.63, 3.8) is 0 Å². The second-order valence-corrected chi connectivity index (χ2v) is 5.13. The Hall–Kier alpha value is -2.30. The minimum atomic E-state index is -0.510. The largest absolute Gasteiger partial charge is 0.444 e. The number of carbonyl (C=O) groups is 1. The summed E-state index contributed by atoms with van der Waals surface area (Å²) in [5.41, 5.74) is 1.03. The number of amides is 1. The molecule has 1 heterocycles. The van der Waals surface area contributed by atoms with E-state index in [1.54, 1.807) is 16.9 Å². The van der Waals surface area contributed by atoms with Gasteiger partial charge in [-0.25, -0.2) is 9.48 Å². The van der Waals surface area contributed by atoms with Crippen LogP contribution >= 0.6 is 0 Å². The first-order valence-electron chi connectivity index (χ1n) is 6.04. The Bertz CT molecular complexity index is 556. The Balaban J connectivity index is 2.10. The zero-order valence-corrected chi connectivity index (χ0v) is 11.3. The van der Waals surface area contributed by atoms with Crippen LogP contribution in [-0.2, 0) is 4.74 Å². The second-order valence-electron chi connectivity index (χ2n) is 5.13. The Kier molecular flexibility index (Phi) is 3.55. The second kappa shape index (κ2) is 5.14. The molecule has 0 unspecified atom stereocenters. The summed E-state index contributed by atoms with van der Waals surface area (Å²) in [6, 6.07) is 9.23. The van der Waals surface area contributed by atoms with E-state index in [9.17, 15) is 4.79 Å². The van der Waals surface area contributed by atoms with E-state index in [0.717, 1.165) is 5.69 Å². The molecule has 1 amide bonds. The zero-order valence-electron chi connectivity index (χ0n) is 11.3. The van der Waals surface area contributed by atoms with Gasteiger partial charge in [-0.2, -0.15) is 5.10 Å². The third kappa shape index (κ3) is 3.84. The summed E-state index contributed by atoms with van der Waals surface area (Å²) in [6.07, 6.45) is 3.07. The molecule has 2 rings (SSSR count). The first-order chi connectivity index (χ1) is 8.94. The molecule has 0 aliphatic heterocycles. The van der Waals surface area contributed by atoms with Gasteiger partial charge in [-0.15, -0.1) is 0 Å². The molecule has 1 aromatic carbocycles. The first-order valence-corrected chi connectivity index (χ1v) is 6.04. The van der Waals surface area contributed by atoms with E-state index in [1.807, 2.05) is 51.2 Å². The van der Waals surface area contributed by atoms with E-state index in [2.05, 4.69) is 10.4 Å². The molecular weight excluding hydrogens is 242 g/mol. The maximum absolute atomic E-state index is 11.7. The van der Waals surface area contributed by atoms with Crippen LogP contribution in [-0.4, -0.2) is 21.5 Å². The van der Waals surface area contributed by atoms with Crippen molar-refractivity contribution < 1.29 is 9.53 Å². The van der Waals surface area contributed by atoms with E-state index in [4.69, 9.17) is 4.74 Å². The van der Waals surface area contributed by atoms with Crippen LogP contribution in [0.5, 0.6) is 0 Å². The highest BCUT2D eigenvalue weighted by Gasteiger charge is 2.16. The summed E-state index contributed by atoms with van der Waals surface area (Å²) < 4.78 is 6.92. The van der Waals surface area contributed by atoms with Gasteiger partial charge in [0.2, 0.25) is 0 Å². The molecule has 0 radical (unpaired) electrons. The van der Waals surface area contributed by atoms with E-state index in [-0.39, 0.29) is 0 Å². The molecule has 100 valence electrons. The van der Waals surface area contributed by atoms with Gasteiger partial charge < -0.3 is 4.74 Å². The molecule has 5 nitrogen and oxygen atoms in total. The van der Waals surface area contributed by atoms with Gasteiger partial charge in [0, 0.05) is 18.1 Å². The molecule has 19 heavy (non-hydrogen) atoms. The van der Waals surface area contributed by atoms with Crippen LogP contribution in [0.3, 0.4) is 0 Å². The van der Waals surface area contributed by atoms with Crippen molar-refractivity contribution >= 4 is 11.8 Å². The van der Waals surface area contributed by atoms with Crippen LogP contribution < -0.4 is 5.32 Å². The number of ether oxygens (including phenoxy) is 1. The molecular formula is C14H17N3O2. The lowest BCUT2D eigenvalue weighted by Crippen LogP contribution is -2.27. The van der Waals surface area contributed by atoms with Gasteiger partial charge in [0.1, 0.15) is 5.60 Å². The van der Waals surface area contributed by atoms with Crippen LogP contribution in [0.2, 0.25) is 0 Å². The number of hydrogen-bond donors (Lipinski definition) is 1. The summed E-state index contributed by atoms with van der Waals surface area (Å²) in [7, 11) is 0. The highest BCUT2D eigenvalue weighted by atomic mass is 16.6. The van der Waals surface area contributed by atoms with Gasteiger partial charge in [0.15, 0.2) is 0 Å². The lowest BCUT2D eigenvalue weighted by Gasteiger charge is -2.19. The van der Waals surface area contributed by atoms with Gasteiger partial charge in [-0.05, 0) is 45.0 Å². The van der Waals surface area contributed by atoms with E-state index in [0.29, 0.717) is 5.69 Å². The minimum absolute atomic E-state index is 0.467. The Morgan fingerprint density at radius 1 is 1.32 bits per heavy atom. The molecule has 0 bridgehead atoms. The van der Waals surface area contributed by atoms with Crippen LogP contribution in [0.1, 0.15) is 20.8 Å². The smallest absolute Gasteiger partial charge is 0.412 e. The van der Waals surface area contributed by atoms with Gasteiger partial charge in [-0.3, -0.25) is 5.32 Å². The lowest BCUT2D eigenvalue weighted by atomic mass is 10.2. The normalized spacial score (nSPS) is 11.1. The van der Waals surface area contributed by atoms with E-state index in [1.165, 1.54) is 0 Å². The Morgan fingerprint density at radius 2 is 2.11 bits per heavy atom. The van der Waals surface area contributed by atoms with Crippen LogP contribution in [0.25, 0.3) is 5.69 Å². The molecule has 0 saturated heterocycles.